The molecule has 1 aromatic rings. The molecule has 1 heterocycles. The molecular weight excluding hydrogens is 300 g/mol. The summed E-state index contributed by atoms with van der Waals surface area (Å²) in [6.45, 7) is 8.15. The van der Waals surface area contributed by atoms with Crippen molar-refractivity contribution in [3.05, 3.63) is 0 Å². The third kappa shape index (κ3) is 5.41. The molecule has 0 bridgehead atoms. The molecule has 1 aromatic heterocycles. The Kier molecular flexibility index (Phi) is 5.46. The highest BCUT2D eigenvalue weighted by molar-refractivity contribution is 7.94. The molecule has 0 saturated heterocycles. The zero-order chi connectivity index (χ0) is 15.4. The first-order valence-electron chi connectivity index (χ1n) is 6.25. The Morgan fingerprint density at radius 1 is 1.30 bits per heavy atom. The molecule has 114 valence electrons. The minimum Gasteiger partial charge on any atom is -0.355 e. The Bertz CT molecular complexity index is 560. The van der Waals surface area contributed by atoms with Crippen molar-refractivity contribution in [3.8, 4) is 0 Å². The van der Waals surface area contributed by atoms with Crippen LogP contribution in [0.5, 0.6) is 0 Å². The summed E-state index contributed by atoms with van der Waals surface area (Å²) in [6, 6.07) is 0. The molecule has 0 spiro atoms. The number of hydrogen-bond acceptors (Lipinski definition) is 7. The zero-order valence-corrected chi connectivity index (χ0v) is 13.7. The average molecular weight is 320 g/mol. The van der Waals surface area contributed by atoms with E-state index in [4.69, 9.17) is 0 Å². The first-order chi connectivity index (χ1) is 9.14. The van der Waals surface area contributed by atoms with Crippen LogP contribution in [0, 0.1) is 0 Å². The lowest BCUT2D eigenvalue weighted by molar-refractivity contribution is -0.118. The number of carbonyl (C=O) groups excluding carboxylic acids is 1. The summed E-state index contributed by atoms with van der Waals surface area (Å²) < 4.78 is 23.9. The van der Waals surface area contributed by atoms with Crippen LogP contribution in [-0.2, 0) is 14.6 Å². The Labute approximate surface area is 123 Å². The Hall–Kier alpha value is -1.22. The maximum absolute atomic E-state index is 12.0. The molecule has 1 rings (SSSR count). The van der Waals surface area contributed by atoms with E-state index in [1.165, 1.54) is 0 Å². The van der Waals surface area contributed by atoms with Crippen molar-refractivity contribution in [1.29, 1.82) is 0 Å². The van der Waals surface area contributed by atoms with Crippen molar-refractivity contribution < 1.29 is 13.2 Å². The number of carbonyl (C=O) groups is 1. The van der Waals surface area contributed by atoms with Gasteiger partial charge in [-0.3, -0.25) is 4.79 Å². The summed E-state index contributed by atoms with van der Waals surface area (Å²) in [6.07, 6.45) is 0.754. The molecule has 0 saturated carbocycles. The third-order valence-corrected chi connectivity index (χ3v) is 4.95. The first kappa shape index (κ1) is 16.8. The lowest BCUT2D eigenvalue weighted by atomic mass is 10.1. The number of nitrogens with one attached hydrogen (secondary N) is 2. The first-order valence-corrected chi connectivity index (χ1v) is 8.72. The van der Waals surface area contributed by atoms with E-state index in [1.54, 1.807) is 0 Å². The molecule has 0 aliphatic heterocycles. The summed E-state index contributed by atoms with van der Waals surface area (Å²) in [5.41, 5.74) is -0.237. The van der Waals surface area contributed by atoms with Crippen molar-refractivity contribution in [3.63, 3.8) is 0 Å². The Morgan fingerprint density at radius 2 is 1.95 bits per heavy atom. The van der Waals surface area contributed by atoms with Crippen LogP contribution in [0.1, 0.15) is 34.1 Å². The van der Waals surface area contributed by atoms with Gasteiger partial charge in [0.2, 0.25) is 25.2 Å². The average Bonchev–Trinajstić information content (AvgIpc) is 2.72. The minimum atomic E-state index is -3.73. The van der Waals surface area contributed by atoms with E-state index in [1.807, 2.05) is 27.7 Å². The molecule has 0 fully saturated rings. The van der Waals surface area contributed by atoms with E-state index in [2.05, 4.69) is 20.8 Å². The molecule has 2 N–H and O–H groups in total. The molecule has 0 radical (unpaired) electrons. The van der Waals surface area contributed by atoms with Crippen LogP contribution in [0.3, 0.4) is 0 Å². The number of rotatable bonds is 6. The molecule has 0 aliphatic rings. The van der Waals surface area contributed by atoms with Gasteiger partial charge in [-0.2, -0.15) is 0 Å². The van der Waals surface area contributed by atoms with Gasteiger partial charge in [-0.1, -0.05) is 18.3 Å². The van der Waals surface area contributed by atoms with Gasteiger partial charge in [-0.25, -0.2) is 8.42 Å². The van der Waals surface area contributed by atoms with Gasteiger partial charge in [0.05, 0.1) is 0 Å². The topological polar surface area (TPSA) is 101 Å². The summed E-state index contributed by atoms with van der Waals surface area (Å²) >= 11 is 0.931. The summed E-state index contributed by atoms with van der Waals surface area (Å²) in [7, 11) is -3.73. The second-order valence-corrected chi connectivity index (χ2v) is 8.50. The predicted molar refractivity (Wildman–Crippen MR) is 78.6 cm³/mol. The number of amides is 1. The third-order valence-electron chi connectivity index (χ3n) is 2.05. The molecule has 1 amide bonds. The highest BCUT2D eigenvalue weighted by Crippen LogP contribution is 2.23. The Morgan fingerprint density at radius 3 is 2.50 bits per heavy atom. The van der Waals surface area contributed by atoms with Crippen LogP contribution in [0.15, 0.2) is 4.34 Å². The highest BCUT2D eigenvalue weighted by Gasteiger charge is 2.24. The maximum atomic E-state index is 12.0. The fraction of sp³-hybridized carbons (Fsp3) is 0.727. The van der Waals surface area contributed by atoms with Crippen LogP contribution in [-0.4, -0.2) is 42.4 Å². The van der Waals surface area contributed by atoms with E-state index in [9.17, 15) is 13.2 Å². The van der Waals surface area contributed by atoms with E-state index in [0.29, 0.717) is 11.7 Å². The van der Waals surface area contributed by atoms with Gasteiger partial charge in [-0.05, 0) is 27.2 Å². The van der Waals surface area contributed by atoms with Crippen LogP contribution in [0.4, 0.5) is 5.13 Å². The number of aromatic nitrogens is 2. The molecule has 0 atom stereocenters. The monoisotopic (exact) mass is 320 g/mol. The molecule has 9 heteroatoms. The van der Waals surface area contributed by atoms with Gasteiger partial charge in [0.25, 0.3) is 0 Å². The highest BCUT2D eigenvalue weighted by atomic mass is 32.2. The van der Waals surface area contributed by atoms with Crippen molar-refractivity contribution in [2.75, 3.05) is 17.6 Å². The van der Waals surface area contributed by atoms with Gasteiger partial charge < -0.3 is 10.6 Å². The smallest absolute Gasteiger partial charge is 0.235 e. The van der Waals surface area contributed by atoms with Crippen LogP contribution in [0.2, 0.25) is 0 Å². The SMILES string of the molecule is CCCNC(=O)CS(=O)(=O)c1nnc(NC(C)(C)C)s1. The van der Waals surface area contributed by atoms with E-state index >= 15 is 0 Å². The quantitative estimate of drug-likeness (QED) is 0.812. The fourth-order valence-corrected chi connectivity index (χ4v) is 3.60. The zero-order valence-electron chi connectivity index (χ0n) is 12.1. The van der Waals surface area contributed by atoms with Gasteiger partial charge >= 0.3 is 0 Å². The lowest BCUT2D eigenvalue weighted by Gasteiger charge is -2.18. The Balaban J connectivity index is 2.76. The molecule has 20 heavy (non-hydrogen) atoms. The van der Waals surface area contributed by atoms with Crippen LogP contribution < -0.4 is 10.6 Å². The number of nitrogens with zero attached hydrogens (tertiary/aromatic N) is 2. The van der Waals surface area contributed by atoms with Crippen molar-refractivity contribution in [2.45, 2.75) is 44.0 Å². The predicted octanol–water partition coefficient (Wildman–Crippen LogP) is 1.05. The second-order valence-electron chi connectivity index (χ2n) is 5.36. The largest absolute Gasteiger partial charge is 0.355 e. The van der Waals surface area contributed by atoms with Gasteiger partial charge in [-0.15, -0.1) is 10.2 Å². The summed E-state index contributed by atoms with van der Waals surface area (Å²) in [5.74, 6) is -1.12. The standard InChI is InChI=1S/C11H20N4O3S2/c1-5-6-12-8(16)7-20(17,18)10-15-14-9(19-10)13-11(2,3)4/h5-7H2,1-4H3,(H,12,16)(H,13,14). The second kappa shape index (κ2) is 6.49. The maximum Gasteiger partial charge on any atom is 0.235 e. The van der Waals surface area contributed by atoms with Crippen molar-refractivity contribution >= 4 is 32.2 Å². The van der Waals surface area contributed by atoms with Crippen molar-refractivity contribution in [2.24, 2.45) is 0 Å². The van der Waals surface area contributed by atoms with E-state index < -0.39 is 21.5 Å². The lowest BCUT2D eigenvalue weighted by Crippen LogP contribution is -2.30. The normalized spacial score (nSPS) is 12.2. The van der Waals surface area contributed by atoms with Gasteiger partial charge in [0.15, 0.2) is 0 Å². The summed E-state index contributed by atoms with van der Waals surface area (Å²) in [5, 5.41) is 13.4. The molecule has 7 nitrogen and oxygen atoms in total. The molecule has 0 aliphatic carbocycles. The number of hydrogen-bond donors (Lipinski definition) is 2. The number of anilines is 1. The molecule has 0 unspecified atom stereocenters. The fourth-order valence-electron chi connectivity index (χ4n) is 1.26. The number of sulfone groups is 1. The van der Waals surface area contributed by atoms with E-state index in [0.717, 1.165) is 17.8 Å². The molecule has 0 aromatic carbocycles. The van der Waals surface area contributed by atoms with Crippen molar-refractivity contribution in [1.82, 2.24) is 15.5 Å². The summed E-state index contributed by atoms with van der Waals surface area (Å²) in [4.78, 5) is 11.5. The van der Waals surface area contributed by atoms with E-state index in [-0.39, 0.29) is 9.88 Å². The van der Waals surface area contributed by atoms with Gasteiger partial charge in [0.1, 0.15) is 5.75 Å². The van der Waals surface area contributed by atoms with Crippen LogP contribution >= 0.6 is 11.3 Å². The van der Waals surface area contributed by atoms with Gasteiger partial charge in [0, 0.05) is 12.1 Å². The minimum absolute atomic E-state index is 0.143. The van der Waals surface area contributed by atoms with Crippen LogP contribution in [0.25, 0.3) is 0 Å². The molecular formula is C11H20N4O3S2.